The van der Waals surface area contributed by atoms with E-state index in [1.807, 2.05) is 0 Å². The second-order valence-electron chi connectivity index (χ2n) is 4.34. The third kappa shape index (κ3) is 3.57. The smallest absolute Gasteiger partial charge is 0.326 e. The molecule has 0 aliphatic carbocycles. The number of anilines is 1. The van der Waals surface area contributed by atoms with E-state index in [4.69, 9.17) is 9.84 Å². The van der Waals surface area contributed by atoms with E-state index in [0.29, 0.717) is 5.75 Å². The van der Waals surface area contributed by atoms with Crippen LogP contribution in [0.5, 0.6) is 5.75 Å². The molecule has 0 saturated heterocycles. The van der Waals surface area contributed by atoms with Gasteiger partial charge in [0.05, 0.1) is 18.1 Å². The lowest BCUT2D eigenvalue weighted by Gasteiger charge is -2.19. The third-order valence-corrected chi connectivity index (χ3v) is 2.65. The SMILES string of the molecule is COc1ccc(NC(C(=O)O)C(C)C)c([N+](=O)[O-])c1. The summed E-state index contributed by atoms with van der Waals surface area (Å²) >= 11 is 0. The Morgan fingerprint density at radius 1 is 1.47 bits per heavy atom. The van der Waals surface area contributed by atoms with Crippen molar-refractivity contribution >= 4 is 17.3 Å². The van der Waals surface area contributed by atoms with E-state index in [2.05, 4.69) is 5.32 Å². The highest BCUT2D eigenvalue weighted by Gasteiger charge is 2.25. The summed E-state index contributed by atoms with van der Waals surface area (Å²) in [5, 5.41) is 22.7. The van der Waals surface area contributed by atoms with E-state index in [-0.39, 0.29) is 17.3 Å². The Morgan fingerprint density at radius 3 is 2.53 bits per heavy atom. The molecule has 0 aliphatic heterocycles. The van der Waals surface area contributed by atoms with Crippen LogP contribution in [-0.4, -0.2) is 29.2 Å². The van der Waals surface area contributed by atoms with Crippen LogP contribution in [0, 0.1) is 16.0 Å². The molecule has 2 N–H and O–H groups in total. The number of benzene rings is 1. The first-order chi connectivity index (χ1) is 8.86. The quantitative estimate of drug-likeness (QED) is 0.605. The number of rotatable bonds is 6. The highest BCUT2D eigenvalue weighted by Crippen LogP contribution is 2.30. The molecule has 1 rings (SSSR count). The molecule has 0 spiro atoms. The van der Waals surface area contributed by atoms with E-state index >= 15 is 0 Å². The van der Waals surface area contributed by atoms with Gasteiger partial charge in [-0.15, -0.1) is 0 Å². The first kappa shape index (κ1) is 14.7. The predicted octanol–water partition coefficient (Wildman–Crippen LogP) is 2.12. The van der Waals surface area contributed by atoms with E-state index in [9.17, 15) is 14.9 Å². The summed E-state index contributed by atoms with van der Waals surface area (Å²) in [5.74, 6) is -0.923. The summed E-state index contributed by atoms with van der Waals surface area (Å²) in [6, 6.07) is 3.33. The second-order valence-corrected chi connectivity index (χ2v) is 4.34. The Kier molecular flexibility index (Phi) is 4.68. The Balaban J connectivity index is 3.12. The maximum atomic E-state index is 11.1. The van der Waals surface area contributed by atoms with Gasteiger partial charge in [0.25, 0.3) is 5.69 Å². The van der Waals surface area contributed by atoms with Gasteiger partial charge in [0.2, 0.25) is 0 Å². The highest BCUT2D eigenvalue weighted by atomic mass is 16.6. The van der Waals surface area contributed by atoms with Gasteiger partial charge < -0.3 is 15.2 Å². The maximum Gasteiger partial charge on any atom is 0.326 e. The van der Waals surface area contributed by atoms with Crippen molar-refractivity contribution in [3.8, 4) is 5.75 Å². The van der Waals surface area contributed by atoms with Crippen molar-refractivity contribution in [3.05, 3.63) is 28.3 Å². The molecule has 0 aliphatic rings. The van der Waals surface area contributed by atoms with Gasteiger partial charge in [-0.1, -0.05) is 13.8 Å². The largest absolute Gasteiger partial charge is 0.496 e. The van der Waals surface area contributed by atoms with Crippen LogP contribution in [0.2, 0.25) is 0 Å². The Bertz CT molecular complexity index is 487. The Morgan fingerprint density at radius 2 is 2.11 bits per heavy atom. The van der Waals surface area contributed by atoms with Crippen LogP contribution in [0.3, 0.4) is 0 Å². The minimum Gasteiger partial charge on any atom is -0.496 e. The number of carboxylic acids is 1. The van der Waals surface area contributed by atoms with Crippen molar-refractivity contribution in [3.63, 3.8) is 0 Å². The first-order valence-corrected chi connectivity index (χ1v) is 5.68. The van der Waals surface area contributed by atoms with Crippen LogP contribution in [0.1, 0.15) is 13.8 Å². The maximum absolute atomic E-state index is 11.1. The number of nitrogens with one attached hydrogen (secondary N) is 1. The molecule has 1 aromatic carbocycles. The molecule has 7 heteroatoms. The van der Waals surface area contributed by atoms with Gasteiger partial charge in [0.1, 0.15) is 17.5 Å². The molecule has 0 saturated carbocycles. The number of hydrogen-bond donors (Lipinski definition) is 2. The van der Waals surface area contributed by atoms with Crippen LogP contribution in [-0.2, 0) is 4.79 Å². The molecule has 0 fully saturated rings. The first-order valence-electron chi connectivity index (χ1n) is 5.68. The molecular formula is C12H16N2O5. The van der Waals surface area contributed by atoms with Crippen LogP contribution >= 0.6 is 0 Å². The van der Waals surface area contributed by atoms with Gasteiger partial charge in [-0.2, -0.15) is 0 Å². The lowest BCUT2D eigenvalue weighted by atomic mass is 10.0. The second kappa shape index (κ2) is 6.03. The number of aliphatic carboxylic acids is 1. The van der Waals surface area contributed by atoms with Gasteiger partial charge in [-0.25, -0.2) is 4.79 Å². The number of ether oxygens (including phenoxy) is 1. The molecule has 0 heterocycles. The zero-order valence-electron chi connectivity index (χ0n) is 10.9. The van der Waals surface area contributed by atoms with Crippen molar-refractivity contribution in [2.75, 3.05) is 12.4 Å². The summed E-state index contributed by atoms with van der Waals surface area (Å²) in [6.45, 7) is 3.45. The molecule has 19 heavy (non-hydrogen) atoms. The topological polar surface area (TPSA) is 102 Å². The fraction of sp³-hybridized carbons (Fsp3) is 0.417. The molecule has 0 aromatic heterocycles. The van der Waals surface area contributed by atoms with Gasteiger partial charge in [0.15, 0.2) is 0 Å². The number of carboxylic acid groups (broad SMARTS) is 1. The zero-order chi connectivity index (χ0) is 14.6. The van der Waals surface area contributed by atoms with Crippen LogP contribution in [0.25, 0.3) is 0 Å². The van der Waals surface area contributed by atoms with Crippen molar-refractivity contribution in [2.45, 2.75) is 19.9 Å². The van der Waals surface area contributed by atoms with Crippen LogP contribution < -0.4 is 10.1 Å². The Hall–Kier alpha value is -2.31. The van der Waals surface area contributed by atoms with Gasteiger partial charge in [-0.3, -0.25) is 10.1 Å². The van der Waals surface area contributed by atoms with Crippen molar-refractivity contribution in [2.24, 2.45) is 5.92 Å². The number of methoxy groups -OCH3 is 1. The third-order valence-electron chi connectivity index (χ3n) is 2.65. The molecule has 0 amide bonds. The molecule has 1 aromatic rings. The lowest BCUT2D eigenvalue weighted by Crippen LogP contribution is -2.34. The van der Waals surface area contributed by atoms with Gasteiger partial charge >= 0.3 is 5.97 Å². The van der Waals surface area contributed by atoms with E-state index < -0.39 is 16.9 Å². The van der Waals surface area contributed by atoms with Crippen molar-refractivity contribution in [1.29, 1.82) is 0 Å². The van der Waals surface area contributed by atoms with Crippen molar-refractivity contribution in [1.82, 2.24) is 0 Å². The molecule has 1 atom stereocenters. The van der Waals surface area contributed by atoms with E-state index in [1.165, 1.54) is 25.3 Å². The lowest BCUT2D eigenvalue weighted by molar-refractivity contribution is -0.384. The molecule has 104 valence electrons. The fourth-order valence-corrected chi connectivity index (χ4v) is 1.59. The summed E-state index contributed by atoms with van der Waals surface area (Å²) in [7, 11) is 1.40. The highest BCUT2D eigenvalue weighted by molar-refractivity contribution is 5.79. The van der Waals surface area contributed by atoms with Crippen molar-refractivity contribution < 1.29 is 19.6 Å². The number of nitro groups is 1. The average Bonchev–Trinajstić information content (AvgIpc) is 2.34. The van der Waals surface area contributed by atoms with E-state index in [0.717, 1.165) is 0 Å². The average molecular weight is 268 g/mol. The molecule has 1 unspecified atom stereocenters. The minimum absolute atomic E-state index is 0.159. The molecule has 0 radical (unpaired) electrons. The fourth-order valence-electron chi connectivity index (χ4n) is 1.59. The van der Waals surface area contributed by atoms with E-state index in [1.54, 1.807) is 13.8 Å². The number of carbonyl (C=O) groups is 1. The van der Waals surface area contributed by atoms with Gasteiger partial charge in [0, 0.05) is 0 Å². The summed E-state index contributed by atoms with van der Waals surface area (Å²) in [6.07, 6.45) is 0. The van der Waals surface area contributed by atoms with Crippen LogP contribution in [0.4, 0.5) is 11.4 Å². The molecule has 0 bridgehead atoms. The Labute approximate surface area is 110 Å². The summed E-state index contributed by atoms with van der Waals surface area (Å²) in [4.78, 5) is 21.5. The molecular weight excluding hydrogens is 252 g/mol. The number of nitrogens with zero attached hydrogens (tertiary/aromatic N) is 1. The predicted molar refractivity (Wildman–Crippen MR) is 69.5 cm³/mol. The standard InChI is InChI=1S/C12H16N2O5/c1-7(2)11(12(15)16)13-9-5-4-8(19-3)6-10(9)14(17)18/h4-7,11,13H,1-3H3,(H,15,16). The molecule has 7 nitrogen and oxygen atoms in total. The van der Waals surface area contributed by atoms with Crippen LogP contribution in [0.15, 0.2) is 18.2 Å². The minimum atomic E-state index is -1.06. The normalized spacial score (nSPS) is 12.0. The number of nitro benzene ring substituents is 1. The number of hydrogen-bond acceptors (Lipinski definition) is 5. The zero-order valence-corrected chi connectivity index (χ0v) is 10.9. The monoisotopic (exact) mass is 268 g/mol. The summed E-state index contributed by atoms with van der Waals surface area (Å²) < 4.78 is 4.91. The van der Waals surface area contributed by atoms with Gasteiger partial charge in [-0.05, 0) is 18.1 Å². The summed E-state index contributed by atoms with van der Waals surface area (Å²) in [5.41, 5.74) is -0.0573.